The van der Waals surface area contributed by atoms with Gasteiger partial charge in [-0.2, -0.15) is 0 Å². The van der Waals surface area contributed by atoms with E-state index in [0.29, 0.717) is 5.56 Å². The van der Waals surface area contributed by atoms with Gasteiger partial charge >= 0.3 is 0 Å². The second kappa shape index (κ2) is 5.32. The molecule has 0 bridgehead atoms. The SMILES string of the molecule is CNC(c1cccc(C)c1)c1ccc(F)c(C)c1. The summed E-state index contributed by atoms with van der Waals surface area (Å²) in [6.07, 6.45) is 0. The average Bonchev–Trinajstić information content (AvgIpc) is 2.35. The van der Waals surface area contributed by atoms with Crippen molar-refractivity contribution in [2.75, 3.05) is 7.05 Å². The Bertz CT molecular complexity index is 549. The van der Waals surface area contributed by atoms with E-state index in [-0.39, 0.29) is 11.9 Å². The van der Waals surface area contributed by atoms with Crippen molar-refractivity contribution in [3.05, 3.63) is 70.5 Å². The molecule has 94 valence electrons. The van der Waals surface area contributed by atoms with Gasteiger partial charge in [0, 0.05) is 0 Å². The Hall–Kier alpha value is -1.67. The second-order valence-electron chi connectivity index (χ2n) is 4.64. The van der Waals surface area contributed by atoms with Gasteiger partial charge in [0.1, 0.15) is 5.82 Å². The molecule has 18 heavy (non-hydrogen) atoms. The van der Waals surface area contributed by atoms with Crippen molar-refractivity contribution in [2.45, 2.75) is 19.9 Å². The lowest BCUT2D eigenvalue weighted by Crippen LogP contribution is -2.18. The molecule has 1 nitrogen and oxygen atoms in total. The number of halogens is 1. The molecule has 0 amide bonds. The van der Waals surface area contributed by atoms with Crippen molar-refractivity contribution in [3.63, 3.8) is 0 Å². The van der Waals surface area contributed by atoms with Crippen LogP contribution in [-0.2, 0) is 0 Å². The first-order valence-corrected chi connectivity index (χ1v) is 6.11. The van der Waals surface area contributed by atoms with Crippen LogP contribution in [0.4, 0.5) is 4.39 Å². The molecule has 0 saturated carbocycles. The van der Waals surface area contributed by atoms with E-state index < -0.39 is 0 Å². The van der Waals surface area contributed by atoms with Crippen LogP contribution in [0.5, 0.6) is 0 Å². The van der Waals surface area contributed by atoms with Crippen LogP contribution >= 0.6 is 0 Å². The Morgan fingerprint density at radius 2 is 1.72 bits per heavy atom. The highest BCUT2D eigenvalue weighted by Crippen LogP contribution is 2.24. The molecule has 0 saturated heterocycles. The summed E-state index contributed by atoms with van der Waals surface area (Å²) in [5, 5.41) is 3.29. The molecular weight excluding hydrogens is 225 g/mol. The summed E-state index contributed by atoms with van der Waals surface area (Å²) in [7, 11) is 1.92. The Labute approximate surface area is 108 Å². The number of hydrogen-bond acceptors (Lipinski definition) is 1. The molecule has 0 aliphatic heterocycles. The van der Waals surface area contributed by atoms with Crippen LogP contribution < -0.4 is 5.32 Å². The smallest absolute Gasteiger partial charge is 0.126 e. The number of rotatable bonds is 3. The first-order valence-electron chi connectivity index (χ1n) is 6.11. The predicted molar refractivity (Wildman–Crippen MR) is 73.2 cm³/mol. The summed E-state index contributed by atoms with van der Waals surface area (Å²) in [4.78, 5) is 0. The maximum Gasteiger partial charge on any atom is 0.126 e. The fraction of sp³-hybridized carbons (Fsp3) is 0.250. The molecular formula is C16H18FN. The minimum atomic E-state index is -0.155. The molecule has 2 heteroatoms. The van der Waals surface area contributed by atoms with Crippen molar-refractivity contribution in [1.29, 1.82) is 0 Å². The number of benzene rings is 2. The van der Waals surface area contributed by atoms with Crippen molar-refractivity contribution in [1.82, 2.24) is 5.32 Å². The summed E-state index contributed by atoms with van der Waals surface area (Å²) in [6.45, 7) is 3.87. The Morgan fingerprint density at radius 3 is 2.33 bits per heavy atom. The van der Waals surface area contributed by atoms with Gasteiger partial charge in [-0.3, -0.25) is 0 Å². The lowest BCUT2D eigenvalue weighted by molar-refractivity contribution is 0.614. The molecule has 2 rings (SSSR count). The molecule has 0 spiro atoms. The number of hydrogen-bond donors (Lipinski definition) is 1. The Morgan fingerprint density at radius 1 is 1.00 bits per heavy atom. The molecule has 1 unspecified atom stereocenters. The van der Waals surface area contributed by atoms with Crippen molar-refractivity contribution >= 4 is 0 Å². The van der Waals surface area contributed by atoms with Crippen molar-refractivity contribution < 1.29 is 4.39 Å². The van der Waals surface area contributed by atoms with E-state index in [1.807, 2.05) is 25.2 Å². The molecule has 0 aromatic heterocycles. The highest BCUT2D eigenvalue weighted by molar-refractivity contribution is 5.36. The summed E-state index contributed by atoms with van der Waals surface area (Å²) in [5.74, 6) is -0.155. The average molecular weight is 243 g/mol. The number of nitrogens with one attached hydrogen (secondary N) is 1. The van der Waals surface area contributed by atoms with Crippen LogP contribution in [0.1, 0.15) is 28.3 Å². The van der Waals surface area contributed by atoms with E-state index in [0.717, 1.165) is 5.56 Å². The molecule has 1 N–H and O–H groups in total. The largest absolute Gasteiger partial charge is 0.309 e. The minimum absolute atomic E-state index is 0.101. The van der Waals surface area contributed by atoms with E-state index in [2.05, 4.69) is 30.4 Å². The van der Waals surface area contributed by atoms with Gasteiger partial charge in [0.05, 0.1) is 6.04 Å². The summed E-state index contributed by atoms with van der Waals surface area (Å²) >= 11 is 0. The molecule has 0 aliphatic carbocycles. The minimum Gasteiger partial charge on any atom is -0.309 e. The summed E-state index contributed by atoms with van der Waals surface area (Å²) < 4.78 is 13.3. The maximum atomic E-state index is 13.3. The van der Waals surface area contributed by atoms with Crippen LogP contribution in [0.25, 0.3) is 0 Å². The Kier molecular flexibility index (Phi) is 3.78. The fourth-order valence-corrected chi connectivity index (χ4v) is 2.22. The molecule has 2 aromatic carbocycles. The van der Waals surface area contributed by atoms with Crippen LogP contribution in [0.3, 0.4) is 0 Å². The van der Waals surface area contributed by atoms with Crippen molar-refractivity contribution in [3.8, 4) is 0 Å². The molecule has 0 aliphatic rings. The predicted octanol–water partition coefficient (Wildman–Crippen LogP) is 3.75. The molecule has 2 aromatic rings. The van der Waals surface area contributed by atoms with Gasteiger partial charge in [0.2, 0.25) is 0 Å². The van der Waals surface area contributed by atoms with Gasteiger partial charge in [-0.1, -0.05) is 42.0 Å². The molecule has 0 heterocycles. The van der Waals surface area contributed by atoms with Crippen LogP contribution in [-0.4, -0.2) is 7.05 Å². The van der Waals surface area contributed by atoms with E-state index in [9.17, 15) is 4.39 Å². The second-order valence-corrected chi connectivity index (χ2v) is 4.64. The zero-order valence-electron chi connectivity index (χ0n) is 11.0. The quantitative estimate of drug-likeness (QED) is 0.865. The number of aryl methyl sites for hydroxylation is 2. The van der Waals surface area contributed by atoms with Gasteiger partial charge in [-0.15, -0.1) is 0 Å². The van der Waals surface area contributed by atoms with Gasteiger partial charge in [0.25, 0.3) is 0 Å². The zero-order chi connectivity index (χ0) is 13.1. The van der Waals surface area contributed by atoms with E-state index in [4.69, 9.17) is 0 Å². The zero-order valence-corrected chi connectivity index (χ0v) is 11.0. The lowest BCUT2D eigenvalue weighted by atomic mass is 9.96. The lowest BCUT2D eigenvalue weighted by Gasteiger charge is -2.18. The van der Waals surface area contributed by atoms with Gasteiger partial charge in [-0.25, -0.2) is 4.39 Å². The van der Waals surface area contributed by atoms with E-state index in [1.54, 1.807) is 6.92 Å². The van der Waals surface area contributed by atoms with Crippen LogP contribution in [0.2, 0.25) is 0 Å². The fourth-order valence-electron chi connectivity index (χ4n) is 2.22. The van der Waals surface area contributed by atoms with Crippen LogP contribution in [0.15, 0.2) is 42.5 Å². The summed E-state index contributed by atoms with van der Waals surface area (Å²) in [6, 6.07) is 13.7. The third-order valence-electron chi connectivity index (χ3n) is 3.18. The van der Waals surface area contributed by atoms with Gasteiger partial charge < -0.3 is 5.32 Å². The van der Waals surface area contributed by atoms with E-state index in [1.165, 1.54) is 17.2 Å². The van der Waals surface area contributed by atoms with Gasteiger partial charge in [-0.05, 0) is 43.7 Å². The monoisotopic (exact) mass is 243 g/mol. The van der Waals surface area contributed by atoms with Crippen LogP contribution in [0, 0.1) is 19.7 Å². The normalized spacial score (nSPS) is 12.4. The molecule has 0 fully saturated rings. The highest BCUT2D eigenvalue weighted by Gasteiger charge is 2.12. The molecule has 0 radical (unpaired) electrons. The van der Waals surface area contributed by atoms with Crippen molar-refractivity contribution in [2.24, 2.45) is 0 Å². The third-order valence-corrected chi connectivity index (χ3v) is 3.18. The first-order chi connectivity index (χ1) is 8.61. The Balaban J connectivity index is 2.42. The first kappa shape index (κ1) is 12.8. The maximum absolute atomic E-state index is 13.3. The topological polar surface area (TPSA) is 12.0 Å². The molecule has 1 atom stereocenters. The highest BCUT2D eigenvalue weighted by atomic mass is 19.1. The van der Waals surface area contributed by atoms with Gasteiger partial charge in [0.15, 0.2) is 0 Å². The third kappa shape index (κ3) is 2.59. The van der Waals surface area contributed by atoms with E-state index >= 15 is 0 Å². The summed E-state index contributed by atoms with van der Waals surface area (Å²) in [5.41, 5.74) is 4.19. The standard InChI is InChI=1S/C16H18FN/c1-11-5-4-6-13(9-11)16(18-3)14-7-8-15(17)12(2)10-14/h4-10,16,18H,1-3H3.